The number of alkyl halides is 2. The molecule has 0 fully saturated rings. The highest BCUT2D eigenvalue weighted by Crippen LogP contribution is 2.24. The van der Waals surface area contributed by atoms with Crippen LogP contribution in [0, 0.1) is 3.70 Å². The minimum absolute atomic E-state index is 0.113. The normalized spacial score (nSPS) is 10.7. The average Bonchev–Trinajstić information content (AvgIpc) is 2.16. The highest BCUT2D eigenvalue weighted by molar-refractivity contribution is 14.1. The number of aromatic nitrogens is 1. The maximum absolute atomic E-state index is 12.5. The Balaban J connectivity index is 3.45. The van der Waals surface area contributed by atoms with Crippen LogP contribution in [0.4, 0.5) is 8.78 Å². The molecule has 3 N–H and O–H groups in total. The first-order chi connectivity index (χ1) is 6.97. The van der Waals surface area contributed by atoms with E-state index in [0.717, 1.165) is 0 Å². The minimum Gasteiger partial charge on any atom is -0.478 e. The molecule has 4 nitrogen and oxygen atoms in total. The van der Waals surface area contributed by atoms with Crippen LogP contribution in [0.3, 0.4) is 0 Å². The molecule has 0 amide bonds. The summed E-state index contributed by atoms with van der Waals surface area (Å²) in [4.78, 5) is 14.4. The van der Waals surface area contributed by atoms with Crippen molar-refractivity contribution in [1.29, 1.82) is 0 Å². The van der Waals surface area contributed by atoms with E-state index in [9.17, 15) is 13.6 Å². The van der Waals surface area contributed by atoms with Crippen molar-refractivity contribution in [2.24, 2.45) is 5.73 Å². The highest BCUT2D eigenvalue weighted by Gasteiger charge is 2.21. The van der Waals surface area contributed by atoms with E-state index in [-0.39, 0.29) is 21.4 Å². The summed E-state index contributed by atoms with van der Waals surface area (Å²) in [6.07, 6.45) is -2.82. The largest absolute Gasteiger partial charge is 0.478 e. The zero-order valence-electron chi connectivity index (χ0n) is 7.38. The van der Waals surface area contributed by atoms with Crippen molar-refractivity contribution in [1.82, 2.24) is 4.98 Å². The van der Waals surface area contributed by atoms with Gasteiger partial charge in [-0.05, 0) is 28.7 Å². The van der Waals surface area contributed by atoms with Crippen molar-refractivity contribution >= 4 is 28.6 Å². The van der Waals surface area contributed by atoms with Crippen molar-refractivity contribution in [2.75, 3.05) is 0 Å². The van der Waals surface area contributed by atoms with E-state index in [1.807, 2.05) is 0 Å². The fourth-order valence-electron chi connectivity index (χ4n) is 1.14. The Morgan fingerprint density at radius 2 is 2.27 bits per heavy atom. The predicted molar refractivity (Wildman–Crippen MR) is 56.8 cm³/mol. The van der Waals surface area contributed by atoms with Crippen molar-refractivity contribution in [3.05, 3.63) is 26.6 Å². The Morgan fingerprint density at radius 1 is 1.67 bits per heavy atom. The topological polar surface area (TPSA) is 76.2 Å². The van der Waals surface area contributed by atoms with E-state index in [2.05, 4.69) is 4.98 Å². The van der Waals surface area contributed by atoms with E-state index in [4.69, 9.17) is 10.8 Å². The lowest BCUT2D eigenvalue weighted by molar-refractivity contribution is 0.0694. The summed E-state index contributed by atoms with van der Waals surface area (Å²) in [7, 11) is 0. The maximum atomic E-state index is 12.5. The summed E-state index contributed by atoms with van der Waals surface area (Å²) in [6, 6.07) is 1.22. The molecule has 0 atom stereocenters. The third kappa shape index (κ3) is 2.59. The number of halogens is 3. The Morgan fingerprint density at radius 3 is 2.67 bits per heavy atom. The van der Waals surface area contributed by atoms with Gasteiger partial charge in [-0.3, -0.25) is 0 Å². The van der Waals surface area contributed by atoms with Crippen LogP contribution in [0.5, 0.6) is 0 Å². The zero-order chi connectivity index (χ0) is 11.6. The number of carboxylic acid groups (broad SMARTS) is 1. The van der Waals surface area contributed by atoms with Gasteiger partial charge in [0.25, 0.3) is 6.43 Å². The lowest BCUT2D eigenvalue weighted by Crippen LogP contribution is -2.13. The van der Waals surface area contributed by atoms with Gasteiger partial charge in [0.05, 0.1) is 5.56 Å². The first-order valence-electron chi connectivity index (χ1n) is 3.88. The molecule has 0 saturated heterocycles. The third-order valence-electron chi connectivity index (χ3n) is 1.77. The van der Waals surface area contributed by atoms with Gasteiger partial charge in [0, 0.05) is 12.1 Å². The van der Waals surface area contributed by atoms with E-state index >= 15 is 0 Å². The first-order valence-corrected chi connectivity index (χ1v) is 4.96. The molecule has 0 bridgehead atoms. The lowest BCUT2D eigenvalue weighted by Gasteiger charge is -2.09. The van der Waals surface area contributed by atoms with Gasteiger partial charge in [0.15, 0.2) is 0 Å². The number of hydrogen-bond donors (Lipinski definition) is 2. The fraction of sp³-hybridized carbons (Fsp3) is 0.250. The Labute approximate surface area is 97.6 Å². The van der Waals surface area contributed by atoms with Crippen LogP contribution >= 0.6 is 22.6 Å². The molecular formula is C8H7F2IN2O2. The number of hydrogen-bond acceptors (Lipinski definition) is 3. The second kappa shape index (κ2) is 4.79. The second-order valence-electron chi connectivity index (χ2n) is 2.67. The summed E-state index contributed by atoms with van der Waals surface area (Å²) in [5.74, 6) is -1.28. The molecule has 82 valence electrons. The maximum Gasteiger partial charge on any atom is 0.336 e. The standard InChI is InChI=1S/C8H7F2IN2O2/c9-7(10)6-4(2-12)3(8(14)15)1-5(11)13-6/h1,7H,2,12H2,(H,14,15). The monoisotopic (exact) mass is 328 g/mol. The van der Waals surface area contributed by atoms with Gasteiger partial charge in [-0.1, -0.05) is 0 Å². The van der Waals surface area contributed by atoms with Crippen molar-refractivity contribution in [3.63, 3.8) is 0 Å². The molecule has 0 spiro atoms. The van der Waals surface area contributed by atoms with E-state index < -0.39 is 18.1 Å². The van der Waals surface area contributed by atoms with Crippen molar-refractivity contribution < 1.29 is 18.7 Å². The van der Waals surface area contributed by atoms with Crippen LogP contribution in [0.25, 0.3) is 0 Å². The summed E-state index contributed by atoms with van der Waals surface area (Å²) < 4.78 is 25.3. The molecule has 0 unspecified atom stereocenters. The van der Waals surface area contributed by atoms with Crippen LogP contribution in [-0.4, -0.2) is 16.1 Å². The SMILES string of the molecule is NCc1c(C(=O)O)cc(I)nc1C(F)F. The summed E-state index contributed by atoms with van der Waals surface area (Å²) in [5, 5.41) is 8.80. The predicted octanol–water partition coefficient (Wildman–Crippen LogP) is 1.78. The molecule has 1 heterocycles. The highest BCUT2D eigenvalue weighted by atomic mass is 127. The molecule has 1 aromatic rings. The van der Waals surface area contributed by atoms with Crippen LogP contribution in [0.15, 0.2) is 6.07 Å². The summed E-state index contributed by atoms with van der Waals surface area (Å²) in [6.45, 7) is -0.273. The number of pyridine rings is 1. The van der Waals surface area contributed by atoms with Crippen LogP contribution in [0.2, 0.25) is 0 Å². The number of carbonyl (C=O) groups is 1. The molecule has 0 aromatic carbocycles. The molecule has 0 aliphatic heterocycles. The molecule has 0 saturated carbocycles. The third-order valence-corrected chi connectivity index (χ3v) is 2.32. The van der Waals surface area contributed by atoms with Crippen molar-refractivity contribution in [3.8, 4) is 0 Å². The smallest absolute Gasteiger partial charge is 0.336 e. The van der Waals surface area contributed by atoms with Crippen molar-refractivity contribution in [2.45, 2.75) is 13.0 Å². The van der Waals surface area contributed by atoms with Gasteiger partial charge in [-0.25, -0.2) is 18.6 Å². The molecule has 0 aliphatic carbocycles. The minimum atomic E-state index is -2.82. The number of nitrogens with zero attached hydrogens (tertiary/aromatic N) is 1. The van der Waals surface area contributed by atoms with Crippen LogP contribution < -0.4 is 5.73 Å². The number of carboxylic acids is 1. The molecule has 1 rings (SSSR count). The summed E-state index contributed by atoms with van der Waals surface area (Å²) in [5.41, 5.74) is 4.36. The quantitative estimate of drug-likeness (QED) is 0.655. The first kappa shape index (κ1) is 12.2. The van der Waals surface area contributed by atoms with E-state index in [0.29, 0.717) is 0 Å². The molecule has 0 aliphatic rings. The van der Waals surface area contributed by atoms with E-state index in [1.54, 1.807) is 22.6 Å². The van der Waals surface area contributed by atoms with Gasteiger partial charge in [0.1, 0.15) is 9.39 Å². The fourth-order valence-corrected chi connectivity index (χ4v) is 1.72. The second-order valence-corrected chi connectivity index (χ2v) is 3.77. The molecule has 7 heteroatoms. The van der Waals surface area contributed by atoms with Crippen LogP contribution in [0.1, 0.15) is 28.0 Å². The van der Waals surface area contributed by atoms with Gasteiger partial charge in [-0.15, -0.1) is 0 Å². The van der Waals surface area contributed by atoms with E-state index in [1.165, 1.54) is 6.07 Å². The van der Waals surface area contributed by atoms with Gasteiger partial charge in [-0.2, -0.15) is 0 Å². The molecular weight excluding hydrogens is 321 g/mol. The summed E-state index contributed by atoms with van der Waals surface area (Å²) >= 11 is 1.68. The van der Waals surface area contributed by atoms with Crippen LogP contribution in [-0.2, 0) is 6.54 Å². The van der Waals surface area contributed by atoms with Gasteiger partial charge in [0.2, 0.25) is 0 Å². The Hall–Kier alpha value is -0.830. The molecule has 1 aromatic heterocycles. The molecule has 15 heavy (non-hydrogen) atoms. The number of nitrogens with two attached hydrogens (primary N) is 1. The average molecular weight is 328 g/mol. The zero-order valence-corrected chi connectivity index (χ0v) is 9.53. The van der Waals surface area contributed by atoms with Gasteiger partial charge >= 0.3 is 5.97 Å². The molecule has 0 radical (unpaired) electrons. The lowest BCUT2D eigenvalue weighted by atomic mass is 10.1. The number of aromatic carboxylic acids is 1. The Kier molecular flexibility index (Phi) is 3.91. The Bertz CT molecular complexity index is 398. The number of rotatable bonds is 3. The van der Waals surface area contributed by atoms with Gasteiger partial charge < -0.3 is 10.8 Å².